The van der Waals surface area contributed by atoms with Gasteiger partial charge in [-0.2, -0.15) is 13.2 Å². The number of rotatable bonds is 12. The maximum Gasteiger partial charge on any atom is 0.416 e. The van der Waals surface area contributed by atoms with Crippen molar-refractivity contribution in [2.75, 3.05) is 6.61 Å². The monoisotopic (exact) mass is 638 g/mol. The minimum absolute atomic E-state index is 0.0915. The Labute approximate surface area is 261 Å². The average molecular weight is 639 g/mol. The number of halogens is 4. The summed E-state index contributed by atoms with van der Waals surface area (Å²) in [5.74, 6) is -2.41. The zero-order valence-corrected chi connectivity index (χ0v) is 24.1. The molecule has 0 aliphatic rings. The van der Waals surface area contributed by atoms with Crippen LogP contribution in [0, 0.1) is 0 Å². The number of ether oxygens (including phenoxy) is 2. The quantitative estimate of drug-likeness (QED) is 0.149. The van der Waals surface area contributed by atoms with E-state index in [2.05, 4.69) is 10.6 Å². The second-order valence-electron chi connectivity index (χ2n) is 9.58. The lowest BCUT2D eigenvalue weighted by atomic mass is 10.1. The Morgan fingerprint density at radius 1 is 0.867 bits per heavy atom. The summed E-state index contributed by atoms with van der Waals surface area (Å²) in [4.78, 5) is 38.3. The fraction of sp³-hybridized carbons (Fsp3) is 0.121. The topological polar surface area (TPSA) is 114 Å². The van der Waals surface area contributed by atoms with Crippen molar-refractivity contribution in [1.29, 1.82) is 0 Å². The molecule has 45 heavy (non-hydrogen) atoms. The lowest BCUT2D eigenvalue weighted by molar-refractivity contribution is -0.143. The van der Waals surface area contributed by atoms with Gasteiger partial charge in [0, 0.05) is 10.6 Å². The molecule has 0 aliphatic heterocycles. The van der Waals surface area contributed by atoms with Crippen LogP contribution in [0.25, 0.3) is 6.08 Å². The molecular formula is C33H26ClF3N2O6. The molecule has 232 valence electrons. The Morgan fingerprint density at radius 2 is 1.56 bits per heavy atom. The van der Waals surface area contributed by atoms with Crippen LogP contribution in [-0.4, -0.2) is 35.5 Å². The molecule has 0 aromatic heterocycles. The summed E-state index contributed by atoms with van der Waals surface area (Å²) in [6.07, 6.45) is -3.33. The minimum atomic E-state index is -4.60. The summed E-state index contributed by atoms with van der Waals surface area (Å²) in [5, 5.41) is 14.9. The Hall–Kier alpha value is -5.13. The van der Waals surface area contributed by atoms with Crippen LogP contribution < -0.4 is 15.4 Å². The van der Waals surface area contributed by atoms with Crippen molar-refractivity contribution in [3.8, 4) is 11.5 Å². The van der Waals surface area contributed by atoms with E-state index in [9.17, 15) is 32.7 Å². The first-order chi connectivity index (χ1) is 21.5. The predicted molar refractivity (Wildman–Crippen MR) is 161 cm³/mol. The van der Waals surface area contributed by atoms with Gasteiger partial charge >= 0.3 is 12.1 Å². The fourth-order valence-electron chi connectivity index (χ4n) is 3.92. The van der Waals surface area contributed by atoms with E-state index in [0.29, 0.717) is 22.1 Å². The van der Waals surface area contributed by atoms with Crippen molar-refractivity contribution in [3.05, 3.63) is 136 Å². The molecule has 4 rings (SSSR count). The van der Waals surface area contributed by atoms with Gasteiger partial charge in [0.25, 0.3) is 11.8 Å². The van der Waals surface area contributed by atoms with E-state index in [4.69, 9.17) is 21.1 Å². The van der Waals surface area contributed by atoms with E-state index in [1.54, 1.807) is 72.8 Å². The van der Waals surface area contributed by atoms with Crippen LogP contribution in [-0.2, 0) is 27.1 Å². The molecule has 0 spiro atoms. The van der Waals surface area contributed by atoms with Gasteiger partial charge in [0.15, 0.2) is 6.04 Å². The van der Waals surface area contributed by atoms with Crippen molar-refractivity contribution in [1.82, 2.24) is 10.6 Å². The number of alkyl halides is 3. The average Bonchev–Trinajstić information content (AvgIpc) is 3.01. The third-order valence-corrected chi connectivity index (χ3v) is 6.44. The SMILES string of the molecule is O=C(NC(COCc1ccccc1)C(=O)O)C(=Cc1cccc(Oc2ccc(Cl)cc2)c1)NC(=O)c1ccc(C(F)(F)F)cc1. The predicted octanol–water partition coefficient (Wildman–Crippen LogP) is 6.71. The van der Waals surface area contributed by atoms with Gasteiger partial charge in [-0.3, -0.25) is 9.59 Å². The van der Waals surface area contributed by atoms with Crippen LogP contribution in [0.1, 0.15) is 27.0 Å². The van der Waals surface area contributed by atoms with Crippen LogP contribution in [0.5, 0.6) is 11.5 Å². The summed E-state index contributed by atoms with van der Waals surface area (Å²) in [6.45, 7) is -0.297. The molecule has 0 radical (unpaired) electrons. The highest BCUT2D eigenvalue weighted by Crippen LogP contribution is 2.29. The van der Waals surface area contributed by atoms with Crippen molar-refractivity contribution in [3.63, 3.8) is 0 Å². The van der Waals surface area contributed by atoms with Gasteiger partial charge in [0.2, 0.25) is 0 Å². The number of hydrogen-bond donors (Lipinski definition) is 3. The Bertz CT molecular complexity index is 1660. The van der Waals surface area contributed by atoms with E-state index in [1.807, 2.05) is 6.07 Å². The molecule has 0 aliphatic carbocycles. The third kappa shape index (κ3) is 9.95. The number of amides is 2. The van der Waals surface area contributed by atoms with Crippen molar-refractivity contribution < 1.29 is 42.1 Å². The molecule has 0 heterocycles. The molecule has 0 saturated heterocycles. The normalized spacial score (nSPS) is 12.2. The standard InChI is InChI=1S/C33H26ClF3N2O6/c34-25-13-15-26(16-14-25)45-27-8-4-7-22(17-27)18-28(38-30(40)23-9-11-24(12-10-23)33(35,36)37)31(41)39-29(32(42)43)20-44-19-21-5-2-1-3-6-21/h1-18,29H,19-20H2,(H,38,40)(H,39,41)(H,42,43). The summed E-state index contributed by atoms with van der Waals surface area (Å²) in [5.41, 5.74) is -0.324. The van der Waals surface area contributed by atoms with Crippen molar-refractivity contribution in [2.24, 2.45) is 0 Å². The minimum Gasteiger partial charge on any atom is -0.480 e. The smallest absolute Gasteiger partial charge is 0.416 e. The number of benzene rings is 4. The molecule has 1 atom stereocenters. The molecule has 0 fully saturated rings. The molecule has 12 heteroatoms. The highest BCUT2D eigenvalue weighted by Gasteiger charge is 2.30. The molecule has 8 nitrogen and oxygen atoms in total. The lowest BCUT2D eigenvalue weighted by Crippen LogP contribution is -2.46. The van der Waals surface area contributed by atoms with E-state index < -0.39 is 35.6 Å². The number of nitrogens with one attached hydrogen (secondary N) is 2. The van der Waals surface area contributed by atoms with Gasteiger partial charge in [0.1, 0.15) is 17.2 Å². The van der Waals surface area contributed by atoms with Crippen LogP contribution >= 0.6 is 11.6 Å². The third-order valence-electron chi connectivity index (χ3n) is 6.19. The molecule has 2 amide bonds. The van der Waals surface area contributed by atoms with Gasteiger partial charge in [-0.15, -0.1) is 0 Å². The molecule has 0 bridgehead atoms. The summed E-state index contributed by atoms with van der Waals surface area (Å²) < 4.78 is 50.3. The van der Waals surface area contributed by atoms with E-state index in [1.165, 1.54) is 6.08 Å². The van der Waals surface area contributed by atoms with Crippen LogP contribution in [0.15, 0.2) is 109 Å². The first-order valence-electron chi connectivity index (χ1n) is 13.4. The molecule has 1 unspecified atom stereocenters. The van der Waals surface area contributed by atoms with Gasteiger partial charge in [0.05, 0.1) is 18.8 Å². The summed E-state index contributed by atoms with van der Waals surface area (Å²) >= 11 is 5.92. The maximum absolute atomic E-state index is 13.4. The summed E-state index contributed by atoms with van der Waals surface area (Å²) in [6, 6.07) is 23.9. The maximum atomic E-state index is 13.4. The first kappa shape index (κ1) is 32.8. The van der Waals surface area contributed by atoms with Crippen molar-refractivity contribution >= 4 is 35.5 Å². The first-order valence-corrected chi connectivity index (χ1v) is 13.7. The largest absolute Gasteiger partial charge is 0.480 e. The molecule has 4 aromatic rings. The van der Waals surface area contributed by atoms with Gasteiger partial charge in [-0.25, -0.2) is 4.79 Å². The molecule has 3 N–H and O–H groups in total. The van der Waals surface area contributed by atoms with E-state index in [0.717, 1.165) is 29.8 Å². The van der Waals surface area contributed by atoms with Crippen LogP contribution in [0.3, 0.4) is 0 Å². The molecule has 0 saturated carbocycles. The zero-order chi connectivity index (χ0) is 32.4. The Kier molecular flexibility index (Phi) is 11.0. The molecular weight excluding hydrogens is 613 g/mol. The number of carbonyl (C=O) groups is 3. The number of carboxylic acids is 1. The van der Waals surface area contributed by atoms with Crippen LogP contribution in [0.2, 0.25) is 5.02 Å². The molecule has 4 aromatic carbocycles. The summed E-state index contributed by atoms with van der Waals surface area (Å²) in [7, 11) is 0. The second-order valence-corrected chi connectivity index (χ2v) is 10.0. The lowest BCUT2D eigenvalue weighted by Gasteiger charge is -2.17. The number of hydrogen-bond acceptors (Lipinski definition) is 5. The number of carbonyl (C=O) groups excluding carboxylic acids is 2. The van der Waals surface area contributed by atoms with E-state index >= 15 is 0 Å². The van der Waals surface area contributed by atoms with Crippen LogP contribution in [0.4, 0.5) is 13.2 Å². The highest BCUT2D eigenvalue weighted by molar-refractivity contribution is 6.30. The van der Waals surface area contributed by atoms with Gasteiger partial charge in [-0.05, 0) is 77.9 Å². The van der Waals surface area contributed by atoms with Gasteiger partial charge in [-0.1, -0.05) is 54.1 Å². The van der Waals surface area contributed by atoms with Gasteiger partial charge < -0.3 is 25.2 Å². The Balaban J connectivity index is 1.56. The Morgan fingerprint density at radius 3 is 2.20 bits per heavy atom. The number of carboxylic acid groups (broad SMARTS) is 1. The zero-order valence-electron chi connectivity index (χ0n) is 23.4. The second kappa shape index (κ2) is 15.0. The van der Waals surface area contributed by atoms with Crippen molar-refractivity contribution in [2.45, 2.75) is 18.8 Å². The fourth-order valence-corrected chi connectivity index (χ4v) is 4.04. The highest BCUT2D eigenvalue weighted by atomic mass is 35.5. The van der Waals surface area contributed by atoms with E-state index in [-0.39, 0.29) is 24.5 Å². The number of aliphatic carboxylic acids is 1.